The Kier molecular flexibility index (Phi) is 2.19. The lowest BCUT2D eigenvalue weighted by Gasteiger charge is -2.21. The van der Waals surface area contributed by atoms with Gasteiger partial charge in [-0.05, 0) is 25.8 Å². The number of hydrogen-bond acceptors (Lipinski definition) is 3. The smallest absolute Gasteiger partial charge is 0.216 e. The molecule has 3 heteroatoms. The summed E-state index contributed by atoms with van der Waals surface area (Å²) in [6.45, 7) is 2.06. The Hall–Kier alpha value is -1.09. The highest BCUT2D eigenvalue weighted by atomic mass is 16.5. The van der Waals surface area contributed by atoms with Crippen molar-refractivity contribution in [3.63, 3.8) is 0 Å². The maximum atomic E-state index is 6.00. The summed E-state index contributed by atoms with van der Waals surface area (Å²) in [5, 5.41) is 0. The van der Waals surface area contributed by atoms with Gasteiger partial charge in [0.15, 0.2) is 0 Å². The average molecular weight is 192 g/mol. The zero-order chi connectivity index (χ0) is 10.2. The summed E-state index contributed by atoms with van der Waals surface area (Å²) in [5.41, 5.74) is 7.29. The SMILES string of the molecule is COc1ncccc1C1(C(C)N)CC1. The van der Waals surface area contributed by atoms with Crippen LogP contribution in [-0.2, 0) is 5.41 Å². The third-order valence-corrected chi connectivity index (χ3v) is 3.16. The van der Waals surface area contributed by atoms with Crippen LogP contribution in [0.2, 0.25) is 0 Å². The Balaban J connectivity index is 2.41. The van der Waals surface area contributed by atoms with Crippen molar-refractivity contribution in [2.24, 2.45) is 5.73 Å². The number of ether oxygens (including phenoxy) is 1. The minimum Gasteiger partial charge on any atom is -0.481 e. The van der Waals surface area contributed by atoms with Gasteiger partial charge in [-0.2, -0.15) is 0 Å². The highest BCUT2D eigenvalue weighted by Crippen LogP contribution is 2.52. The lowest BCUT2D eigenvalue weighted by Crippen LogP contribution is -2.32. The van der Waals surface area contributed by atoms with Gasteiger partial charge in [-0.15, -0.1) is 0 Å². The summed E-state index contributed by atoms with van der Waals surface area (Å²) in [5.74, 6) is 0.724. The number of aromatic nitrogens is 1. The Morgan fingerprint density at radius 1 is 1.57 bits per heavy atom. The van der Waals surface area contributed by atoms with Crippen LogP contribution in [0.5, 0.6) is 5.88 Å². The van der Waals surface area contributed by atoms with Gasteiger partial charge in [-0.25, -0.2) is 4.98 Å². The van der Waals surface area contributed by atoms with Gasteiger partial charge in [0.25, 0.3) is 0 Å². The molecule has 0 bridgehead atoms. The lowest BCUT2D eigenvalue weighted by atomic mass is 9.90. The molecule has 1 aromatic heterocycles. The number of rotatable bonds is 3. The minimum atomic E-state index is 0.125. The van der Waals surface area contributed by atoms with Gasteiger partial charge in [0.1, 0.15) is 0 Å². The number of pyridine rings is 1. The number of nitrogens with zero attached hydrogens (tertiary/aromatic N) is 1. The Labute approximate surface area is 84.3 Å². The van der Waals surface area contributed by atoms with Crippen LogP contribution in [-0.4, -0.2) is 18.1 Å². The lowest BCUT2D eigenvalue weighted by molar-refractivity contribution is 0.382. The fourth-order valence-electron chi connectivity index (χ4n) is 2.04. The minimum absolute atomic E-state index is 0.125. The van der Waals surface area contributed by atoms with Gasteiger partial charge in [-0.1, -0.05) is 6.07 Å². The van der Waals surface area contributed by atoms with Gasteiger partial charge in [0.05, 0.1) is 7.11 Å². The molecule has 3 nitrogen and oxygen atoms in total. The second-order valence-electron chi connectivity index (χ2n) is 4.01. The normalized spacial score (nSPS) is 20.2. The summed E-state index contributed by atoms with van der Waals surface area (Å²) in [6, 6.07) is 4.18. The van der Waals surface area contributed by atoms with Crippen molar-refractivity contribution in [3.05, 3.63) is 23.9 Å². The zero-order valence-electron chi connectivity index (χ0n) is 8.66. The summed E-state index contributed by atoms with van der Waals surface area (Å²) < 4.78 is 5.26. The van der Waals surface area contributed by atoms with Crippen molar-refractivity contribution < 1.29 is 4.74 Å². The molecule has 76 valence electrons. The Bertz CT molecular complexity index is 332. The Morgan fingerprint density at radius 3 is 2.79 bits per heavy atom. The fraction of sp³-hybridized carbons (Fsp3) is 0.545. The van der Waals surface area contributed by atoms with Crippen LogP contribution >= 0.6 is 0 Å². The monoisotopic (exact) mass is 192 g/mol. The maximum absolute atomic E-state index is 6.00. The van der Waals surface area contributed by atoms with Crippen molar-refractivity contribution in [1.82, 2.24) is 4.98 Å². The van der Waals surface area contributed by atoms with Crippen LogP contribution in [0.1, 0.15) is 25.3 Å². The van der Waals surface area contributed by atoms with E-state index in [-0.39, 0.29) is 11.5 Å². The van der Waals surface area contributed by atoms with Crippen LogP contribution in [0.4, 0.5) is 0 Å². The van der Waals surface area contributed by atoms with E-state index in [2.05, 4.69) is 18.0 Å². The van der Waals surface area contributed by atoms with E-state index in [1.165, 1.54) is 0 Å². The van der Waals surface area contributed by atoms with Crippen molar-refractivity contribution in [2.75, 3.05) is 7.11 Å². The molecule has 0 amide bonds. The van der Waals surface area contributed by atoms with Crippen LogP contribution in [0.25, 0.3) is 0 Å². The third-order valence-electron chi connectivity index (χ3n) is 3.16. The summed E-state index contributed by atoms with van der Waals surface area (Å²) in [4.78, 5) is 4.21. The predicted molar refractivity (Wildman–Crippen MR) is 55.4 cm³/mol. The largest absolute Gasteiger partial charge is 0.481 e. The van der Waals surface area contributed by atoms with Crippen LogP contribution in [0.3, 0.4) is 0 Å². The summed E-state index contributed by atoms with van der Waals surface area (Å²) >= 11 is 0. The van der Waals surface area contributed by atoms with Crippen LogP contribution in [0.15, 0.2) is 18.3 Å². The highest BCUT2D eigenvalue weighted by Gasteiger charge is 2.49. The van der Waals surface area contributed by atoms with Crippen LogP contribution in [0, 0.1) is 0 Å². The van der Waals surface area contributed by atoms with E-state index in [4.69, 9.17) is 10.5 Å². The van der Waals surface area contributed by atoms with Gasteiger partial charge >= 0.3 is 0 Å². The average Bonchev–Trinajstić information content (AvgIpc) is 2.98. The molecule has 1 fully saturated rings. The van der Waals surface area contributed by atoms with Crippen molar-refractivity contribution >= 4 is 0 Å². The predicted octanol–water partition coefficient (Wildman–Crippen LogP) is 1.47. The first-order valence-corrected chi connectivity index (χ1v) is 4.96. The quantitative estimate of drug-likeness (QED) is 0.789. The first-order valence-electron chi connectivity index (χ1n) is 4.96. The summed E-state index contributed by atoms with van der Waals surface area (Å²) in [6.07, 6.45) is 4.04. The molecule has 1 aliphatic carbocycles. The van der Waals surface area contributed by atoms with E-state index in [0.29, 0.717) is 0 Å². The first-order chi connectivity index (χ1) is 6.70. The first kappa shape index (κ1) is 9.46. The molecule has 0 spiro atoms. The number of hydrogen-bond donors (Lipinski definition) is 1. The van der Waals surface area contributed by atoms with Gasteiger partial charge in [0, 0.05) is 23.2 Å². The molecule has 1 aromatic rings. The van der Waals surface area contributed by atoms with Crippen LogP contribution < -0.4 is 10.5 Å². The molecule has 14 heavy (non-hydrogen) atoms. The third kappa shape index (κ3) is 1.28. The molecule has 1 atom stereocenters. The van der Waals surface area contributed by atoms with E-state index in [1.54, 1.807) is 13.3 Å². The molecule has 1 heterocycles. The molecule has 0 aliphatic heterocycles. The van der Waals surface area contributed by atoms with E-state index in [0.717, 1.165) is 24.3 Å². The fourth-order valence-corrected chi connectivity index (χ4v) is 2.04. The van der Waals surface area contributed by atoms with Crippen molar-refractivity contribution in [1.29, 1.82) is 0 Å². The van der Waals surface area contributed by atoms with E-state index < -0.39 is 0 Å². The molecule has 1 unspecified atom stereocenters. The molecule has 2 rings (SSSR count). The second-order valence-corrected chi connectivity index (χ2v) is 4.01. The van der Waals surface area contributed by atoms with E-state index >= 15 is 0 Å². The topological polar surface area (TPSA) is 48.1 Å². The standard InChI is InChI=1S/C11H16N2O/c1-8(12)11(5-6-11)9-4-3-7-13-10(9)14-2/h3-4,7-8H,5-6,12H2,1-2H3. The molecule has 1 aliphatic rings. The highest BCUT2D eigenvalue weighted by molar-refractivity contribution is 5.40. The van der Waals surface area contributed by atoms with Gasteiger partial charge < -0.3 is 10.5 Å². The molecular formula is C11H16N2O. The van der Waals surface area contributed by atoms with Gasteiger partial charge in [-0.3, -0.25) is 0 Å². The van der Waals surface area contributed by atoms with E-state index in [9.17, 15) is 0 Å². The molecular weight excluding hydrogens is 176 g/mol. The molecule has 0 radical (unpaired) electrons. The molecule has 1 saturated carbocycles. The van der Waals surface area contributed by atoms with E-state index in [1.807, 2.05) is 6.07 Å². The summed E-state index contributed by atoms with van der Waals surface area (Å²) in [7, 11) is 1.66. The molecule has 2 N–H and O–H groups in total. The van der Waals surface area contributed by atoms with Crippen molar-refractivity contribution in [2.45, 2.75) is 31.2 Å². The van der Waals surface area contributed by atoms with Gasteiger partial charge in [0.2, 0.25) is 5.88 Å². The maximum Gasteiger partial charge on any atom is 0.216 e. The number of nitrogens with two attached hydrogens (primary N) is 1. The Morgan fingerprint density at radius 2 is 2.29 bits per heavy atom. The number of methoxy groups -OCH3 is 1. The molecule has 0 saturated heterocycles. The second kappa shape index (κ2) is 3.24. The van der Waals surface area contributed by atoms with Crippen molar-refractivity contribution in [3.8, 4) is 5.88 Å². The zero-order valence-corrected chi connectivity index (χ0v) is 8.66. The molecule has 0 aromatic carbocycles.